The zero-order chi connectivity index (χ0) is 11.6. The van der Waals surface area contributed by atoms with E-state index in [1.807, 2.05) is 26.8 Å². The van der Waals surface area contributed by atoms with Crippen molar-refractivity contribution in [2.45, 2.75) is 27.7 Å². The third kappa shape index (κ3) is 2.81. The van der Waals surface area contributed by atoms with E-state index in [1.165, 1.54) is 6.92 Å². The molecule has 0 N–H and O–H groups in total. The second-order valence-electron chi connectivity index (χ2n) is 3.75. The minimum atomic E-state index is 0.0348. The molecule has 1 rings (SSSR count). The summed E-state index contributed by atoms with van der Waals surface area (Å²) in [6.07, 6.45) is 0. The van der Waals surface area contributed by atoms with Crippen LogP contribution in [0.2, 0.25) is 0 Å². The first kappa shape index (κ1) is 12.2. The maximum absolute atomic E-state index is 10.8. The predicted octanol–water partition coefficient (Wildman–Crippen LogP) is 3.34. The molecule has 0 saturated carbocycles. The van der Waals surface area contributed by atoms with Crippen LogP contribution in [0.5, 0.6) is 5.75 Å². The highest BCUT2D eigenvalue weighted by Crippen LogP contribution is 2.31. The zero-order valence-electron chi connectivity index (χ0n) is 9.48. The lowest BCUT2D eigenvalue weighted by atomic mass is 10.1. The minimum absolute atomic E-state index is 0.0348. The fraction of sp³-hybridized carbons (Fsp3) is 0.417. The number of carbonyl (C=O) groups is 1. The van der Waals surface area contributed by atoms with E-state index in [1.54, 1.807) is 0 Å². The number of rotatable bonds is 3. The van der Waals surface area contributed by atoms with Crippen LogP contribution in [0.1, 0.15) is 23.6 Å². The fourth-order valence-electron chi connectivity index (χ4n) is 1.34. The van der Waals surface area contributed by atoms with E-state index in [0.29, 0.717) is 0 Å². The molecule has 0 heterocycles. The molecule has 1 aromatic rings. The highest BCUT2D eigenvalue weighted by atomic mass is 79.9. The van der Waals surface area contributed by atoms with Crippen molar-refractivity contribution in [1.82, 2.24) is 0 Å². The van der Waals surface area contributed by atoms with E-state index < -0.39 is 0 Å². The Bertz CT molecular complexity index is 397. The summed E-state index contributed by atoms with van der Waals surface area (Å²) >= 11 is 3.52. The topological polar surface area (TPSA) is 26.3 Å². The van der Waals surface area contributed by atoms with Gasteiger partial charge in [-0.25, -0.2) is 0 Å². The number of halogens is 1. The Balaban J connectivity index is 3.04. The van der Waals surface area contributed by atoms with E-state index in [2.05, 4.69) is 15.9 Å². The number of hydrogen-bond acceptors (Lipinski definition) is 2. The molecule has 0 aromatic heterocycles. The summed E-state index contributed by atoms with van der Waals surface area (Å²) in [5.41, 5.74) is 3.36. The molecule has 82 valence electrons. The van der Waals surface area contributed by atoms with Gasteiger partial charge in [0.05, 0.1) is 0 Å². The van der Waals surface area contributed by atoms with Crippen LogP contribution in [0.25, 0.3) is 0 Å². The number of carbonyl (C=O) groups excluding carboxylic acids is 1. The Hall–Kier alpha value is -0.830. The average molecular weight is 271 g/mol. The first-order valence-electron chi connectivity index (χ1n) is 4.82. The number of ketones is 1. The first-order chi connectivity index (χ1) is 6.93. The van der Waals surface area contributed by atoms with Crippen molar-refractivity contribution in [2.75, 3.05) is 6.61 Å². The highest BCUT2D eigenvalue weighted by Gasteiger charge is 2.09. The van der Waals surface area contributed by atoms with E-state index in [-0.39, 0.29) is 12.4 Å². The van der Waals surface area contributed by atoms with E-state index in [0.717, 1.165) is 26.9 Å². The lowest BCUT2D eigenvalue weighted by Gasteiger charge is -2.13. The SMILES string of the molecule is CC(=O)COc1cc(C)c(Br)c(C)c1C. The summed E-state index contributed by atoms with van der Waals surface area (Å²) in [7, 11) is 0. The quantitative estimate of drug-likeness (QED) is 0.842. The van der Waals surface area contributed by atoms with Gasteiger partial charge in [-0.05, 0) is 50.5 Å². The van der Waals surface area contributed by atoms with Crippen molar-refractivity contribution in [3.05, 3.63) is 27.2 Å². The van der Waals surface area contributed by atoms with Crippen molar-refractivity contribution in [3.8, 4) is 5.75 Å². The van der Waals surface area contributed by atoms with Crippen molar-refractivity contribution >= 4 is 21.7 Å². The van der Waals surface area contributed by atoms with Crippen LogP contribution in [-0.4, -0.2) is 12.4 Å². The van der Waals surface area contributed by atoms with Crippen LogP contribution in [0.4, 0.5) is 0 Å². The van der Waals surface area contributed by atoms with Crippen LogP contribution >= 0.6 is 15.9 Å². The van der Waals surface area contributed by atoms with Gasteiger partial charge in [0.15, 0.2) is 5.78 Å². The van der Waals surface area contributed by atoms with Crippen LogP contribution in [0.15, 0.2) is 10.5 Å². The third-order valence-electron chi connectivity index (χ3n) is 2.39. The normalized spacial score (nSPS) is 10.2. The van der Waals surface area contributed by atoms with Crippen molar-refractivity contribution in [3.63, 3.8) is 0 Å². The van der Waals surface area contributed by atoms with E-state index >= 15 is 0 Å². The molecule has 0 unspecified atom stereocenters. The molecule has 0 aliphatic carbocycles. The van der Waals surface area contributed by atoms with Gasteiger partial charge in [-0.15, -0.1) is 0 Å². The smallest absolute Gasteiger partial charge is 0.167 e. The van der Waals surface area contributed by atoms with Gasteiger partial charge < -0.3 is 4.74 Å². The van der Waals surface area contributed by atoms with Crippen molar-refractivity contribution in [2.24, 2.45) is 0 Å². The third-order valence-corrected chi connectivity index (χ3v) is 3.61. The molecule has 0 spiro atoms. The lowest BCUT2D eigenvalue weighted by molar-refractivity contribution is -0.118. The van der Waals surface area contributed by atoms with Crippen LogP contribution < -0.4 is 4.74 Å². The maximum Gasteiger partial charge on any atom is 0.167 e. The molecule has 0 bridgehead atoms. The summed E-state index contributed by atoms with van der Waals surface area (Å²) < 4.78 is 6.55. The zero-order valence-corrected chi connectivity index (χ0v) is 11.1. The molecule has 0 saturated heterocycles. The number of hydrogen-bond donors (Lipinski definition) is 0. The number of Topliss-reactive ketones (excluding diaryl/α,β-unsaturated/α-hetero) is 1. The molecular weight excluding hydrogens is 256 g/mol. The van der Waals surface area contributed by atoms with Crippen LogP contribution in [0.3, 0.4) is 0 Å². The molecule has 0 fully saturated rings. The van der Waals surface area contributed by atoms with E-state index in [9.17, 15) is 4.79 Å². The number of aryl methyl sites for hydroxylation is 1. The Morgan fingerprint density at radius 2 is 1.93 bits per heavy atom. The Morgan fingerprint density at radius 1 is 1.33 bits per heavy atom. The van der Waals surface area contributed by atoms with Gasteiger partial charge in [-0.2, -0.15) is 0 Å². The van der Waals surface area contributed by atoms with Gasteiger partial charge in [0.2, 0.25) is 0 Å². The summed E-state index contributed by atoms with van der Waals surface area (Å²) in [5.74, 6) is 0.830. The van der Waals surface area contributed by atoms with Gasteiger partial charge in [0.25, 0.3) is 0 Å². The second-order valence-corrected chi connectivity index (χ2v) is 4.54. The molecule has 0 aliphatic heterocycles. The van der Waals surface area contributed by atoms with Gasteiger partial charge in [-0.1, -0.05) is 15.9 Å². The molecule has 0 radical (unpaired) electrons. The molecule has 1 aromatic carbocycles. The minimum Gasteiger partial charge on any atom is -0.486 e. The first-order valence-corrected chi connectivity index (χ1v) is 5.61. The highest BCUT2D eigenvalue weighted by molar-refractivity contribution is 9.10. The maximum atomic E-state index is 10.8. The molecule has 0 amide bonds. The molecule has 3 heteroatoms. The van der Waals surface area contributed by atoms with Gasteiger partial charge >= 0.3 is 0 Å². The summed E-state index contributed by atoms with van der Waals surface area (Å²) in [5, 5.41) is 0. The summed E-state index contributed by atoms with van der Waals surface area (Å²) in [6.45, 7) is 7.70. The molecular formula is C12H15BrO2. The average Bonchev–Trinajstić information content (AvgIpc) is 2.18. The van der Waals surface area contributed by atoms with E-state index in [4.69, 9.17) is 4.74 Å². The molecule has 2 nitrogen and oxygen atoms in total. The Labute approximate surface area is 98.8 Å². The summed E-state index contributed by atoms with van der Waals surface area (Å²) in [4.78, 5) is 10.8. The monoisotopic (exact) mass is 270 g/mol. The number of benzene rings is 1. The number of ether oxygens (including phenoxy) is 1. The second kappa shape index (κ2) is 4.79. The fourth-order valence-corrected chi connectivity index (χ4v) is 1.75. The van der Waals surface area contributed by atoms with Crippen LogP contribution in [-0.2, 0) is 4.79 Å². The largest absolute Gasteiger partial charge is 0.486 e. The Morgan fingerprint density at radius 3 is 2.47 bits per heavy atom. The molecule has 0 atom stereocenters. The molecule has 0 aliphatic rings. The van der Waals surface area contributed by atoms with Gasteiger partial charge in [0, 0.05) is 4.47 Å². The van der Waals surface area contributed by atoms with Crippen molar-refractivity contribution in [1.29, 1.82) is 0 Å². The standard InChI is InChI=1S/C12H15BrO2/c1-7-5-11(15-6-8(2)14)9(3)10(4)12(7)13/h5H,6H2,1-4H3. The van der Waals surface area contributed by atoms with Crippen LogP contribution in [0, 0.1) is 20.8 Å². The predicted molar refractivity (Wildman–Crippen MR) is 64.5 cm³/mol. The van der Waals surface area contributed by atoms with Gasteiger partial charge in [-0.3, -0.25) is 4.79 Å². The van der Waals surface area contributed by atoms with Gasteiger partial charge in [0.1, 0.15) is 12.4 Å². The Kier molecular flexibility index (Phi) is 3.91. The molecule has 15 heavy (non-hydrogen) atoms. The van der Waals surface area contributed by atoms with Crippen molar-refractivity contribution < 1.29 is 9.53 Å². The summed E-state index contributed by atoms with van der Waals surface area (Å²) in [6, 6.07) is 1.95. The lowest BCUT2D eigenvalue weighted by Crippen LogP contribution is -2.08.